The zero-order chi connectivity index (χ0) is 18.1. The summed E-state index contributed by atoms with van der Waals surface area (Å²) in [5.74, 6) is -0.206. The fourth-order valence-electron chi connectivity index (χ4n) is 2.42. The number of hydrogen-bond donors (Lipinski definition) is 1. The normalized spacial score (nSPS) is 10.9. The second-order valence-corrected chi connectivity index (χ2v) is 7.03. The summed E-state index contributed by atoms with van der Waals surface area (Å²) in [6.07, 6.45) is 2.27. The van der Waals surface area contributed by atoms with Gasteiger partial charge in [0.1, 0.15) is 0 Å². The van der Waals surface area contributed by atoms with Gasteiger partial charge in [0.05, 0.1) is 12.2 Å². The summed E-state index contributed by atoms with van der Waals surface area (Å²) in [6.45, 7) is 9.02. The molecule has 0 saturated heterocycles. The van der Waals surface area contributed by atoms with Crippen LogP contribution in [0.1, 0.15) is 43.7 Å². The minimum atomic E-state index is -0.208. The minimum absolute atomic E-state index is 0.0373. The number of methoxy groups -OCH3 is 1. The van der Waals surface area contributed by atoms with Crippen molar-refractivity contribution >= 4 is 28.3 Å². The van der Waals surface area contributed by atoms with Crippen molar-refractivity contribution < 1.29 is 14.3 Å². The largest absolute Gasteiger partial charge is 0.385 e. The van der Waals surface area contributed by atoms with Crippen LogP contribution in [-0.4, -0.2) is 48.5 Å². The second-order valence-electron chi connectivity index (χ2n) is 5.83. The van der Waals surface area contributed by atoms with Gasteiger partial charge >= 0.3 is 0 Å². The van der Waals surface area contributed by atoms with Crippen LogP contribution in [0.3, 0.4) is 0 Å². The summed E-state index contributed by atoms with van der Waals surface area (Å²) in [4.78, 5) is 32.0. The number of ether oxygens (including phenoxy) is 1. The van der Waals surface area contributed by atoms with Gasteiger partial charge in [0.2, 0.25) is 11.8 Å². The molecule has 6 nitrogen and oxygen atoms in total. The lowest BCUT2D eigenvalue weighted by atomic mass is 10.0. The van der Waals surface area contributed by atoms with Gasteiger partial charge in [-0.05, 0) is 33.1 Å². The van der Waals surface area contributed by atoms with Crippen LogP contribution in [0.4, 0.5) is 5.13 Å². The lowest BCUT2D eigenvalue weighted by Gasteiger charge is -2.26. The van der Waals surface area contributed by atoms with Crippen molar-refractivity contribution in [3.8, 4) is 0 Å². The number of carbonyl (C=O) groups excluding carboxylic acids is 2. The molecule has 0 atom stereocenters. The van der Waals surface area contributed by atoms with Crippen molar-refractivity contribution in [2.75, 3.05) is 32.1 Å². The first-order chi connectivity index (χ1) is 11.4. The van der Waals surface area contributed by atoms with E-state index in [1.807, 2.05) is 27.7 Å². The van der Waals surface area contributed by atoms with E-state index in [1.165, 1.54) is 11.3 Å². The summed E-state index contributed by atoms with van der Waals surface area (Å²) in [5.41, 5.74) is 0.917. The average Bonchev–Trinajstić information content (AvgIpc) is 2.85. The average molecular weight is 356 g/mol. The Morgan fingerprint density at radius 3 is 2.46 bits per heavy atom. The van der Waals surface area contributed by atoms with E-state index in [0.29, 0.717) is 24.7 Å². The summed E-state index contributed by atoms with van der Waals surface area (Å²) in [7, 11) is 1.63. The highest BCUT2D eigenvalue weighted by Gasteiger charge is 2.23. The number of amides is 2. The van der Waals surface area contributed by atoms with Crippen LogP contribution >= 0.6 is 11.3 Å². The van der Waals surface area contributed by atoms with Crippen LogP contribution in [0.2, 0.25) is 0 Å². The minimum Gasteiger partial charge on any atom is -0.385 e. The quantitative estimate of drug-likeness (QED) is 0.655. The third kappa shape index (κ3) is 6.20. The van der Waals surface area contributed by atoms with Crippen LogP contribution < -0.4 is 5.32 Å². The van der Waals surface area contributed by atoms with E-state index in [2.05, 4.69) is 10.3 Å². The fraction of sp³-hybridized carbons (Fsp3) is 0.706. The Balaban J connectivity index is 2.71. The molecule has 0 radical (unpaired) electrons. The molecule has 0 unspecified atom stereocenters. The van der Waals surface area contributed by atoms with Gasteiger partial charge in [0.15, 0.2) is 5.13 Å². The standard InChI is InChI=1S/C17H29N3O3S/c1-6-14(7-2)16(22)20(9-8-10-23-5)11-15(21)19-17-18-12(3)13(4)24-17/h14H,6-11H2,1-5H3,(H,18,19,21). The van der Waals surface area contributed by atoms with Gasteiger partial charge in [0, 0.05) is 31.1 Å². The Morgan fingerprint density at radius 2 is 1.96 bits per heavy atom. The van der Waals surface area contributed by atoms with Crippen molar-refractivity contribution in [1.82, 2.24) is 9.88 Å². The predicted octanol–water partition coefficient (Wildman–Crippen LogP) is 3.00. The molecular weight excluding hydrogens is 326 g/mol. The lowest BCUT2D eigenvalue weighted by Crippen LogP contribution is -2.42. The van der Waals surface area contributed by atoms with Crippen molar-refractivity contribution in [2.24, 2.45) is 5.92 Å². The van der Waals surface area contributed by atoms with Crippen LogP contribution in [0, 0.1) is 19.8 Å². The van der Waals surface area contributed by atoms with E-state index in [9.17, 15) is 9.59 Å². The van der Waals surface area contributed by atoms with Crippen molar-refractivity contribution in [2.45, 2.75) is 47.0 Å². The predicted molar refractivity (Wildman–Crippen MR) is 97.4 cm³/mol. The molecule has 0 saturated carbocycles. The maximum Gasteiger partial charge on any atom is 0.245 e. The maximum atomic E-state index is 12.6. The number of nitrogens with one attached hydrogen (secondary N) is 1. The second kappa shape index (κ2) is 10.4. The third-order valence-corrected chi connectivity index (χ3v) is 5.02. The summed E-state index contributed by atoms with van der Waals surface area (Å²) < 4.78 is 5.05. The molecule has 1 rings (SSSR count). The molecule has 0 fully saturated rings. The first-order valence-corrected chi connectivity index (χ1v) is 9.26. The topological polar surface area (TPSA) is 71.5 Å². The van der Waals surface area contributed by atoms with Crippen LogP contribution in [0.15, 0.2) is 0 Å². The highest BCUT2D eigenvalue weighted by Crippen LogP contribution is 2.21. The molecule has 2 amide bonds. The highest BCUT2D eigenvalue weighted by molar-refractivity contribution is 7.15. The number of carbonyl (C=O) groups is 2. The van der Waals surface area contributed by atoms with Crippen molar-refractivity contribution in [3.63, 3.8) is 0 Å². The smallest absolute Gasteiger partial charge is 0.245 e. The van der Waals surface area contributed by atoms with Crippen molar-refractivity contribution in [1.29, 1.82) is 0 Å². The van der Waals surface area contributed by atoms with E-state index in [-0.39, 0.29) is 24.3 Å². The van der Waals surface area contributed by atoms with E-state index in [1.54, 1.807) is 12.0 Å². The zero-order valence-corrected chi connectivity index (χ0v) is 16.2. The van der Waals surface area contributed by atoms with Crippen LogP contribution in [0.25, 0.3) is 0 Å². The first-order valence-electron chi connectivity index (χ1n) is 8.44. The van der Waals surface area contributed by atoms with E-state index < -0.39 is 0 Å². The molecule has 24 heavy (non-hydrogen) atoms. The van der Waals surface area contributed by atoms with Gasteiger partial charge in [-0.15, -0.1) is 11.3 Å². The van der Waals surface area contributed by atoms with Gasteiger partial charge < -0.3 is 15.0 Å². The number of aryl methyl sites for hydroxylation is 2. The van der Waals surface area contributed by atoms with Crippen LogP contribution in [0.5, 0.6) is 0 Å². The third-order valence-electron chi connectivity index (χ3n) is 4.03. The number of anilines is 1. The molecule has 7 heteroatoms. The van der Waals surface area contributed by atoms with Gasteiger partial charge in [-0.3, -0.25) is 9.59 Å². The summed E-state index contributed by atoms with van der Waals surface area (Å²) >= 11 is 1.45. The fourth-order valence-corrected chi connectivity index (χ4v) is 3.25. The Bertz CT molecular complexity index is 522. The lowest BCUT2D eigenvalue weighted by molar-refractivity contribution is -0.138. The molecule has 0 aliphatic carbocycles. The summed E-state index contributed by atoms with van der Waals surface area (Å²) in [6, 6.07) is 0. The zero-order valence-electron chi connectivity index (χ0n) is 15.3. The molecule has 0 aromatic carbocycles. The monoisotopic (exact) mass is 355 g/mol. The van der Waals surface area contributed by atoms with Crippen LogP contribution in [-0.2, 0) is 14.3 Å². The maximum absolute atomic E-state index is 12.6. The van der Waals surface area contributed by atoms with E-state index >= 15 is 0 Å². The molecule has 1 N–H and O–H groups in total. The highest BCUT2D eigenvalue weighted by atomic mass is 32.1. The van der Waals surface area contributed by atoms with Gasteiger partial charge in [-0.2, -0.15) is 0 Å². The molecule has 0 spiro atoms. The Kier molecular flexibility index (Phi) is 8.92. The molecule has 0 aliphatic rings. The number of thiazole rings is 1. The first kappa shape index (κ1) is 20.6. The van der Waals surface area contributed by atoms with Gasteiger partial charge in [0.25, 0.3) is 0 Å². The molecule has 0 bridgehead atoms. The van der Waals surface area contributed by atoms with E-state index in [0.717, 1.165) is 23.4 Å². The molecule has 1 heterocycles. The van der Waals surface area contributed by atoms with Gasteiger partial charge in [-0.25, -0.2) is 4.98 Å². The molecular formula is C17H29N3O3S. The van der Waals surface area contributed by atoms with Gasteiger partial charge in [-0.1, -0.05) is 13.8 Å². The number of rotatable bonds is 10. The molecule has 1 aromatic heterocycles. The molecule has 0 aliphatic heterocycles. The molecule has 136 valence electrons. The van der Waals surface area contributed by atoms with Crippen molar-refractivity contribution in [3.05, 3.63) is 10.6 Å². The van der Waals surface area contributed by atoms with E-state index in [4.69, 9.17) is 4.74 Å². The Labute approximate surface area is 148 Å². The number of hydrogen-bond acceptors (Lipinski definition) is 5. The Hall–Kier alpha value is -1.47. The Morgan fingerprint density at radius 1 is 1.29 bits per heavy atom. The SMILES string of the molecule is CCC(CC)C(=O)N(CCCOC)CC(=O)Nc1nc(C)c(C)s1. The summed E-state index contributed by atoms with van der Waals surface area (Å²) in [5, 5.41) is 3.38. The number of aromatic nitrogens is 1. The molecule has 1 aromatic rings. The number of nitrogens with zero attached hydrogens (tertiary/aromatic N) is 2.